The van der Waals surface area contributed by atoms with Gasteiger partial charge in [-0.05, 0) is 12.1 Å². The molecule has 2 aromatic rings. The average molecular weight is 503 g/mol. The SMILES string of the molecule is CC(C)([S-])CNCc1ccccc1.CC(C)([S-])C[N-]Cc1ccccc1.[O]=[99Tc+3]. The number of nitrogens with one attached hydrogen (secondary N) is 1. The van der Waals surface area contributed by atoms with Crippen molar-refractivity contribution in [1.82, 2.24) is 5.32 Å². The van der Waals surface area contributed by atoms with E-state index in [0.717, 1.165) is 45.0 Å². The molecule has 154 valence electrons. The van der Waals surface area contributed by atoms with Gasteiger partial charge in [-0.15, -0.1) is 11.3 Å². The summed E-state index contributed by atoms with van der Waals surface area (Å²) < 4.78 is 8.07. The molecule has 0 radical (unpaired) electrons. The van der Waals surface area contributed by atoms with E-state index < -0.39 is 0 Å². The molecule has 0 aromatic heterocycles. The number of nitrogens with zero attached hydrogens (tertiary/aromatic N) is 1. The zero-order valence-electron chi connectivity index (χ0n) is 17.2. The minimum absolute atomic E-state index is 0.0468. The van der Waals surface area contributed by atoms with E-state index in [4.69, 9.17) is 28.8 Å². The molecule has 0 aliphatic carbocycles. The molecule has 0 bridgehead atoms. The van der Waals surface area contributed by atoms with E-state index in [-0.39, 0.29) is 9.49 Å². The van der Waals surface area contributed by atoms with Gasteiger partial charge in [0.25, 0.3) is 0 Å². The monoisotopic (exact) mass is 502 g/mol. The van der Waals surface area contributed by atoms with Gasteiger partial charge < -0.3 is 35.9 Å². The zero-order valence-corrected chi connectivity index (χ0v) is 20.6. The van der Waals surface area contributed by atoms with Gasteiger partial charge in [0.1, 0.15) is 0 Å². The Morgan fingerprint density at radius 2 is 1.29 bits per heavy atom. The molecule has 0 saturated heterocycles. The van der Waals surface area contributed by atoms with Crippen molar-refractivity contribution >= 4 is 25.3 Å². The predicted molar refractivity (Wildman–Crippen MR) is 120 cm³/mol. The third-order valence-electron chi connectivity index (χ3n) is 3.35. The van der Waals surface area contributed by atoms with Crippen molar-refractivity contribution in [3.8, 4) is 0 Å². The molecule has 0 spiro atoms. The Bertz CT molecular complexity index is 558. The predicted octanol–water partition coefficient (Wildman–Crippen LogP) is 4.87. The summed E-state index contributed by atoms with van der Waals surface area (Å²) >= 11 is 11.3. The third kappa shape index (κ3) is 17.6. The minimum atomic E-state index is -0.102. The molecule has 6 heteroatoms. The molecule has 0 amide bonds. The quantitative estimate of drug-likeness (QED) is 0.524. The van der Waals surface area contributed by atoms with Crippen LogP contribution in [-0.4, -0.2) is 22.6 Å². The Morgan fingerprint density at radius 3 is 1.71 bits per heavy atom. The Kier molecular flexibility index (Phi) is 15.1. The summed E-state index contributed by atoms with van der Waals surface area (Å²) in [6.07, 6.45) is 0. The van der Waals surface area contributed by atoms with E-state index in [1.54, 1.807) is 0 Å². The van der Waals surface area contributed by atoms with E-state index in [0.29, 0.717) is 0 Å². The standard InChI is InChI=1S/C11H17NS.C11H16NS.O.Tc/c2*1-11(2,13)9-12-8-10-6-4-3-5-7-10;;/h3-7,12-13H,8-9H2,1-2H3;3-7,13H,8-9H2,1-2H3;;/q;-1;;+3/p-2/i;;;1+1. The van der Waals surface area contributed by atoms with Crippen molar-refractivity contribution in [3.63, 3.8) is 0 Å². The second-order valence-electron chi connectivity index (χ2n) is 7.63. The maximum absolute atomic E-state index is 8.22. The van der Waals surface area contributed by atoms with Crippen molar-refractivity contribution < 1.29 is 22.4 Å². The summed E-state index contributed by atoms with van der Waals surface area (Å²) in [5.74, 6) is 0. The van der Waals surface area contributed by atoms with Crippen LogP contribution < -0.4 is 5.32 Å². The summed E-state index contributed by atoms with van der Waals surface area (Å²) in [5.41, 5.74) is 2.56. The van der Waals surface area contributed by atoms with Crippen LogP contribution >= 0.6 is 0 Å². The molecule has 2 aromatic carbocycles. The molecule has 0 heterocycles. The summed E-state index contributed by atoms with van der Waals surface area (Å²) in [6.45, 7) is 11.5. The Balaban J connectivity index is 0.000000478. The van der Waals surface area contributed by atoms with Gasteiger partial charge in [-0.1, -0.05) is 93.9 Å². The van der Waals surface area contributed by atoms with Gasteiger partial charge in [-0.3, -0.25) is 0 Å². The van der Waals surface area contributed by atoms with Gasteiger partial charge in [-0.25, -0.2) is 0 Å². The van der Waals surface area contributed by atoms with Crippen LogP contribution in [0.2, 0.25) is 0 Å². The molecular weight excluding hydrogens is 471 g/mol. The second-order valence-corrected chi connectivity index (χ2v) is 9.84. The van der Waals surface area contributed by atoms with E-state index in [1.807, 2.05) is 38.1 Å². The van der Waals surface area contributed by atoms with Gasteiger partial charge in [0.2, 0.25) is 0 Å². The van der Waals surface area contributed by atoms with Crippen molar-refractivity contribution in [3.05, 3.63) is 77.1 Å². The summed E-state index contributed by atoms with van der Waals surface area (Å²) in [5, 5.41) is 7.75. The normalized spacial score (nSPS) is 10.9. The fourth-order valence-electron chi connectivity index (χ4n) is 2.14. The van der Waals surface area contributed by atoms with Crippen molar-refractivity contribution in [2.45, 2.75) is 50.3 Å². The molecule has 1 N–H and O–H groups in total. The first-order valence-corrected chi connectivity index (χ1v) is 10.7. The van der Waals surface area contributed by atoms with Crippen LogP contribution in [0.15, 0.2) is 60.7 Å². The molecular formula is C22H31N2OS2Tc. The number of rotatable bonds is 8. The van der Waals surface area contributed by atoms with Crippen LogP contribution in [0.25, 0.3) is 5.32 Å². The van der Waals surface area contributed by atoms with Crippen molar-refractivity contribution in [2.75, 3.05) is 13.1 Å². The molecule has 3 nitrogen and oxygen atoms in total. The molecule has 0 fully saturated rings. The Hall–Kier alpha value is -0.491. The van der Waals surface area contributed by atoms with Crippen LogP contribution in [-0.2, 0) is 60.7 Å². The van der Waals surface area contributed by atoms with Crippen LogP contribution in [0.3, 0.4) is 0 Å². The van der Waals surface area contributed by atoms with Gasteiger partial charge in [-0.2, -0.15) is 11.3 Å². The summed E-state index contributed by atoms with van der Waals surface area (Å²) in [4.78, 5) is 0. The van der Waals surface area contributed by atoms with Crippen LogP contribution in [0.1, 0.15) is 38.8 Å². The fraction of sp³-hybridized carbons (Fsp3) is 0.455. The van der Waals surface area contributed by atoms with E-state index >= 15 is 0 Å². The third-order valence-corrected chi connectivity index (χ3v) is 3.63. The van der Waals surface area contributed by atoms with Crippen molar-refractivity contribution in [1.29, 1.82) is 0 Å². The average Bonchev–Trinajstić information content (AvgIpc) is 2.64. The topological polar surface area (TPSA) is 43.2 Å². The van der Waals surface area contributed by atoms with Gasteiger partial charge in [0.05, 0.1) is 0 Å². The first-order chi connectivity index (χ1) is 13.2. The van der Waals surface area contributed by atoms with Crippen LogP contribution in [0, 0.1) is 0 Å². The van der Waals surface area contributed by atoms with Gasteiger partial charge in [0, 0.05) is 6.54 Å². The number of hydrogen-bond donors (Lipinski definition) is 1. The number of hydrogen-bond acceptors (Lipinski definition) is 4. The Morgan fingerprint density at radius 1 is 0.821 bits per heavy atom. The molecule has 0 aliphatic rings. The first kappa shape index (κ1) is 27.5. The fourth-order valence-corrected chi connectivity index (χ4v) is 2.33. The van der Waals surface area contributed by atoms with Crippen LogP contribution in [0.4, 0.5) is 0 Å². The zero-order chi connectivity index (χ0) is 21.5. The molecule has 0 atom stereocenters. The summed E-state index contributed by atoms with van der Waals surface area (Å²) in [6, 6.07) is 20.6. The molecule has 0 saturated carbocycles. The van der Waals surface area contributed by atoms with Gasteiger partial charge in [0.15, 0.2) is 0 Å². The second kappa shape index (κ2) is 15.4. The van der Waals surface area contributed by atoms with Crippen molar-refractivity contribution in [2.24, 2.45) is 0 Å². The van der Waals surface area contributed by atoms with Crippen LogP contribution in [0.5, 0.6) is 0 Å². The molecule has 28 heavy (non-hydrogen) atoms. The molecule has 2 rings (SSSR count). The van der Waals surface area contributed by atoms with E-state index in [9.17, 15) is 0 Å². The molecule has 0 aliphatic heterocycles. The van der Waals surface area contributed by atoms with E-state index in [1.165, 1.54) is 11.1 Å². The molecule has 0 unspecified atom stereocenters. The first-order valence-electron chi connectivity index (χ1n) is 9.14. The van der Waals surface area contributed by atoms with Gasteiger partial charge >= 0.3 is 22.4 Å². The Labute approximate surface area is 192 Å². The number of benzene rings is 2. The van der Waals surface area contributed by atoms with E-state index in [2.05, 4.69) is 60.9 Å². The maximum atomic E-state index is 8.22. The summed E-state index contributed by atoms with van der Waals surface area (Å²) in [7, 11) is 0.